The number of nitrogens with zero attached hydrogens (tertiary/aromatic N) is 1. The first-order chi connectivity index (χ1) is 23.4. The average Bonchev–Trinajstić information content (AvgIpc) is 3.36. The van der Waals surface area contributed by atoms with Crippen LogP contribution in [-0.2, 0) is 44.8 Å². The fraction of sp³-hybridized carbons (Fsp3) is 0.606. The highest BCUT2D eigenvalue weighted by Gasteiger charge is 2.48. The van der Waals surface area contributed by atoms with E-state index in [-0.39, 0.29) is 68.3 Å². The van der Waals surface area contributed by atoms with Gasteiger partial charge in [0.25, 0.3) is 11.8 Å². The molecule has 5 atom stereocenters. The molecule has 0 radical (unpaired) electrons. The molecule has 0 spiro atoms. The Balaban J connectivity index is 1.39. The number of nitrogens with one attached hydrogen (secondary N) is 2. The number of aliphatic hydroxyl groups is 4. The molecule has 2 aliphatic heterocycles. The minimum atomic E-state index is -1.91. The molecule has 1 fully saturated rings. The van der Waals surface area contributed by atoms with Crippen molar-refractivity contribution in [3.8, 4) is 5.75 Å². The lowest BCUT2D eigenvalue weighted by atomic mass is 9.99. The number of aliphatic hydroxyl groups excluding tert-OH is 4. The summed E-state index contributed by atoms with van der Waals surface area (Å²) in [5.74, 6) is -3.25. The zero-order valence-corrected chi connectivity index (χ0v) is 28.5. The summed E-state index contributed by atoms with van der Waals surface area (Å²) >= 11 is 0. The van der Waals surface area contributed by atoms with Crippen molar-refractivity contribution in [1.82, 2.24) is 10.2 Å². The van der Waals surface area contributed by atoms with E-state index in [1.54, 1.807) is 0 Å². The molecule has 17 heteroatoms. The van der Waals surface area contributed by atoms with E-state index in [0.29, 0.717) is 25.0 Å². The molecule has 7 N–H and O–H groups in total. The minimum Gasteiger partial charge on any atom is -0.479 e. The smallest absolute Gasteiger partial charge is 0.335 e. The number of hydrogen-bond donors (Lipinski definition) is 7. The van der Waals surface area contributed by atoms with E-state index in [4.69, 9.17) is 18.9 Å². The van der Waals surface area contributed by atoms with Gasteiger partial charge in [-0.05, 0) is 58.2 Å². The van der Waals surface area contributed by atoms with Gasteiger partial charge < -0.3 is 55.1 Å². The summed E-state index contributed by atoms with van der Waals surface area (Å²) in [6.07, 6.45) is -5.92. The van der Waals surface area contributed by atoms with Crippen LogP contribution in [0.3, 0.4) is 0 Å². The molecule has 0 aliphatic carbocycles. The van der Waals surface area contributed by atoms with Gasteiger partial charge in [-0.2, -0.15) is 0 Å². The Morgan fingerprint density at radius 1 is 0.880 bits per heavy atom. The monoisotopic (exact) mass is 709 g/mol. The Labute approximate surface area is 289 Å². The molecule has 0 bridgehead atoms. The zero-order chi connectivity index (χ0) is 37.2. The van der Waals surface area contributed by atoms with Crippen molar-refractivity contribution in [2.24, 2.45) is 0 Å². The Morgan fingerprint density at radius 3 is 2.16 bits per heavy atom. The summed E-state index contributed by atoms with van der Waals surface area (Å²) in [5, 5.41) is 54.3. The van der Waals surface area contributed by atoms with Crippen LogP contribution in [0.2, 0.25) is 0 Å². The number of rotatable bonds is 19. The molecule has 1 aromatic carbocycles. The number of anilines is 1. The lowest BCUT2D eigenvalue weighted by molar-refractivity contribution is -0.271. The standard InChI is InChI=1S/C33H47N3O14/c1-32(2,11-14-36-24(40)7-8-25(36)41)48-16-12-33(3,4)47-15-10-22(38)34-13-9-23(39)35-20-17-19(18-37)5-6-21(20)49-31-28(44)26(42)27(43)29(50-31)30(45)46/h5-8,17,26-29,31,37,42-44H,9-16,18H2,1-4H3,(H,34,38)(H,35,39)(H,45,46)/t26-,27-,28+,29-,31+/m0/s1. The highest BCUT2D eigenvalue weighted by molar-refractivity contribution is 6.12. The SMILES string of the molecule is CC(C)(CCOC(C)(C)CCN1C(=O)C=CC1=O)OCCC(=O)NCCC(=O)Nc1cc(CO)ccc1O[C@@H]1O[C@H](C(=O)O)[C@@H](O)[C@H](O)[C@H]1O. The maximum Gasteiger partial charge on any atom is 0.335 e. The van der Waals surface area contributed by atoms with Gasteiger partial charge in [-0.25, -0.2) is 4.79 Å². The number of carboxylic acid groups (broad SMARTS) is 1. The quantitative estimate of drug-likeness (QED) is 0.0902. The lowest BCUT2D eigenvalue weighted by Gasteiger charge is -2.38. The number of carbonyl (C=O) groups is 5. The number of imide groups is 1. The third-order valence-electron chi connectivity index (χ3n) is 8.09. The van der Waals surface area contributed by atoms with Gasteiger partial charge in [0.15, 0.2) is 6.10 Å². The van der Waals surface area contributed by atoms with Crippen molar-refractivity contribution in [3.63, 3.8) is 0 Å². The fourth-order valence-electron chi connectivity index (χ4n) is 4.94. The van der Waals surface area contributed by atoms with Crippen molar-refractivity contribution in [2.45, 2.75) is 102 Å². The average molecular weight is 710 g/mol. The first-order valence-electron chi connectivity index (χ1n) is 16.1. The lowest BCUT2D eigenvalue weighted by Crippen LogP contribution is -2.61. The Kier molecular flexibility index (Phi) is 14.4. The minimum absolute atomic E-state index is 0.0215. The number of benzene rings is 1. The molecule has 3 rings (SSSR count). The van der Waals surface area contributed by atoms with Crippen molar-refractivity contribution in [2.75, 3.05) is 31.6 Å². The van der Waals surface area contributed by atoms with Crippen molar-refractivity contribution >= 4 is 35.3 Å². The highest BCUT2D eigenvalue weighted by Crippen LogP contribution is 2.31. The van der Waals surface area contributed by atoms with Crippen molar-refractivity contribution in [3.05, 3.63) is 35.9 Å². The Hall–Kier alpha value is -3.97. The number of hydrogen-bond acceptors (Lipinski definition) is 13. The van der Waals surface area contributed by atoms with Crippen LogP contribution in [0.4, 0.5) is 5.69 Å². The van der Waals surface area contributed by atoms with E-state index in [1.807, 2.05) is 27.7 Å². The summed E-state index contributed by atoms with van der Waals surface area (Å²) in [7, 11) is 0. The molecular formula is C33H47N3O14. The Bertz CT molecular complexity index is 1400. The second-order valence-corrected chi connectivity index (χ2v) is 13.1. The largest absolute Gasteiger partial charge is 0.479 e. The van der Waals surface area contributed by atoms with Gasteiger partial charge in [0, 0.05) is 38.1 Å². The first-order valence-corrected chi connectivity index (χ1v) is 16.1. The van der Waals surface area contributed by atoms with Crippen LogP contribution in [0, 0.1) is 0 Å². The molecule has 278 valence electrons. The predicted molar refractivity (Wildman–Crippen MR) is 173 cm³/mol. The summed E-state index contributed by atoms with van der Waals surface area (Å²) in [6.45, 7) is 7.76. The fourth-order valence-corrected chi connectivity index (χ4v) is 4.94. The number of aliphatic carboxylic acids is 1. The topological polar surface area (TPSA) is 251 Å². The molecule has 0 aromatic heterocycles. The highest BCUT2D eigenvalue weighted by atomic mass is 16.7. The van der Waals surface area contributed by atoms with Crippen LogP contribution < -0.4 is 15.4 Å². The molecular weight excluding hydrogens is 662 g/mol. The number of ether oxygens (including phenoxy) is 4. The van der Waals surface area contributed by atoms with Crippen LogP contribution in [0.25, 0.3) is 0 Å². The van der Waals surface area contributed by atoms with Crippen LogP contribution in [0.5, 0.6) is 5.75 Å². The maximum atomic E-state index is 12.7. The molecule has 1 aromatic rings. The van der Waals surface area contributed by atoms with Crippen LogP contribution in [0.15, 0.2) is 30.4 Å². The van der Waals surface area contributed by atoms with Crippen LogP contribution in [-0.4, -0.2) is 128 Å². The third-order valence-corrected chi connectivity index (χ3v) is 8.09. The summed E-state index contributed by atoms with van der Waals surface area (Å²) in [6, 6.07) is 4.16. The molecule has 2 heterocycles. The first kappa shape index (κ1) is 40.5. The Morgan fingerprint density at radius 2 is 1.52 bits per heavy atom. The maximum absolute atomic E-state index is 12.7. The second-order valence-electron chi connectivity index (χ2n) is 13.1. The van der Waals surface area contributed by atoms with E-state index in [2.05, 4.69) is 10.6 Å². The van der Waals surface area contributed by atoms with E-state index in [0.717, 1.165) is 0 Å². The zero-order valence-electron chi connectivity index (χ0n) is 28.5. The van der Waals surface area contributed by atoms with Gasteiger partial charge >= 0.3 is 5.97 Å². The molecule has 2 aliphatic rings. The van der Waals surface area contributed by atoms with Crippen molar-refractivity contribution < 1.29 is 68.5 Å². The predicted octanol–water partition coefficient (Wildman–Crippen LogP) is -0.420. The van der Waals surface area contributed by atoms with Crippen LogP contribution in [0.1, 0.15) is 58.9 Å². The van der Waals surface area contributed by atoms with Crippen LogP contribution >= 0.6 is 0 Å². The van der Waals surface area contributed by atoms with E-state index in [9.17, 15) is 49.5 Å². The molecule has 4 amide bonds. The number of carboxylic acids is 1. The molecule has 0 saturated carbocycles. The normalized spacial score (nSPS) is 22.5. The molecule has 17 nitrogen and oxygen atoms in total. The van der Waals surface area contributed by atoms with Gasteiger partial charge in [-0.3, -0.25) is 24.1 Å². The molecule has 0 unspecified atom stereocenters. The third kappa shape index (κ3) is 11.8. The van der Waals surface area contributed by atoms with E-state index >= 15 is 0 Å². The van der Waals surface area contributed by atoms with Gasteiger partial charge in [0.1, 0.15) is 24.1 Å². The van der Waals surface area contributed by atoms with Crippen molar-refractivity contribution in [1.29, 1.82) is 0 Å². The summed E-state index contributed by atoms with van der Waals surface area (Å²) in [4.78, 5) is 61.2. The second kappa shape index (κ2) is 17.8. The van der Waals surface area contributed by atoms with E-state index < -0.39 is 53.8 Å². The van der Waals surface area contributed by atoms with E-state index in [1.165, 1.54) is 35.3 Å². The number of carbonyl (C=O) groups excluding carboxylic acids is 4. The van der Waals surface area contributed by atoms with Gasteiger partial charge in [0.05, 0.1) is 36.7 Å². The molecule has 1 saturated heterocycles. The summed E-state index contributed by atoms with van der Waals surface area (Å²) < 4.78 is 22.6. The van der Waals surface area contributed by atoms with Gasteiger partial charge in [-0.15, -0.1) is 0 Å². The molecule has 50 heavy (non-hydrogen) atoms. The summed E-state index contributed by atoms with van der Waals surface area (Å²) in [5.41, 5.74) is -0.787. The number of amides is 4. The van der Waals surface area contributed by atoms with Gasteiger partial charge in [-0.1, -0.05) is 6.07 Å². The van der Waals surface area contributed by atoms with Gasteiger partial charge in [0.2, 0.25) is 18.1 Å².